The summed E-state index contributed by atoms with van der Waals surface area (Å²) in [7, 11) is 0. The lowest BCUT2D eigenvalue weighted by Crippen LogP contribution is -2.24. The predicted molar refractivity (Wildman–Crippen MR) is 58.0 cm³/mol. The van der Waals surface area contributed by atoms with E-state index >= 15 is 0 Å². The minimum absolute atomic E-state index is 0.156. The van der Waals surface area contributed by atoms with Crippen LogP contribution in [0.2, 0.25) is 5.02 Å². The molecule has 16 heavy (non-hydrogen) atoms. The lowest BCUT2D eigenvalue weighted by Gasteiger charge is -2.08. The van der Waals surface area contributed by atoms with E-state index in [4.69, 9.17) is 11.6 Å². The normalized spacial score (nSPS) is 11.8. The van der Waals surface area contributed by atoms with Crippen LogP contribution in [0.5, 0.6) is 0 Å². The van der Waals surface area contributed by atoms with Crippen LogP contribution in [0, 0.1) is 0 Å². The van der Waals surface area contributed by atoms with Gasteiger partial charge in [-0.3, -0.25) is 4.84 Å². The zero-order valence-electron chi connectivity index (χ0n) is 7.94. The quantitative estimate of drug-likeness (QED) is 0.675. The van der Waals surface area contributed by atoms with Crippen molar-refractivity contribution in [1.29, 1.82) is 0 Å². The molecule has 1 N–H and O–H groups in total. The first-order valence-electron chi connectivity index (χ1n) is 4.24. The zero-order valence-corrected chi connectivity index (χ0v) is 10.3. The van der Waals surface area contributed by atoms with Crippen LogP contribution in [0.25, 0.3) is 0 Å². The lowest BCUT2D eigenvalue weighted by atomic mass is 10.2. The van der Waals surface area contributed by atoms with Crippen molar-refractivity contribution in [2.75, 3.05) is 6.61 Å². The fourth-order valence-corrected chi connectivity index (χ4v) is 1.37. The van der Waals surface area contributed by atoms with E-state index in [0.29, 0.717) is 5.02 Å². The van der Waals surface area contributed by atoms with Crippen LogP contribution >= 0.6 is 27.5 Å². The SMILES string of the molecule is FC(F)(F)CONCc1ccc(Br)c(Cl)c1. The van der Waals surface area contributed by atoms with Crippen LogP contribution in [-0.2, 0) is 11.4 Å². The number of alkyl halides is 3. The Hall–Kier alpha value is -0.300. The van der Waals surface area contributed by atoms with E-state index in [1.165, 1.54) is 0 Å². The van der Waals surface area contributed by atoms with E-state index < -0.39 is 12.8 Å². The molecule has 2 nitrogen and oxygen atoms in total. The molecule has 0 aliphatic heterocycles. The maximum atomic E-state index is 11.7. The molecule has 0 radical (unpaired) electrons. The van der Waals surface area contributed by atoms with Gasteiger partial charge < -0.3 is 0 Å². The Morgan fingerprint density at radius 2 is 2.06 bits per heavy atom. The molecule has 0 amide bonds. The standard InChI is InChI=1S/C9H8BrClF3NO/c10-7-2-1-6(3-8(7)11)4-15-16-5-9(12,13)14/h1-3,15H,4-5H2. The summed E-state index contributed by atoms with van der Waals surface area (Å²) in [4.78, 5) is 4.24. The van der Waals surface area contributed by atoms with Gasteiger partial charge in [-0.25, -0.2) is 0 Å². The molecular weight excluding hydrogens is 310 g/mol. The molecule has 1 rings (SSSR count). The Kier molecular flexibility index (Phi) is 5.04. The smallest absolute Gasteiger partial charge is 0.292 e. The molecule has 0 saturated carbocycles. The summed E-state index contributed by atoms with van der Waals surface area (Å²) >= 11 is 9.01. The molecular formula is C9H8BrClF3NO. The van der Waals surface area contributed by atoms with Crippen LogP contribution in [0.1, 0.15) is 5.56 Å². The molecule has 0 unspecified atom stereocenters. The molecule has 0 aliphatic rings. The van der Waals surface area contributed by atoms with Gasteiger partial charge in [0.25, 0.3) is 0 Å². The summed E-state index contributed by atoms with van der Waals surface area (Å²) in [5.41, 5.74) is 2.94. The third-order valence-electron chi connectivity index (χ3n) is 1.60. The summed E-state index contributed by atoms with van der Waals surface area (Å²) in [5, 5.41) is 0.495. The Balaban J connectivity index is 2.35. The van der Waals surface area contributed by atoms with E-state index in [9.17, 15) is 13.2 Å². The third-order valence-corrected chi connectivity index (χ3v) is 2.83. The van der Waals surface area contributed by atoms with Gasteiger partial charge in [-0.2, -0.15) is 18.7 Å². The number of nitrogens with one attached hydrogen (secondary N) is 1. The van der Waals surface area contributed by atoms with Gasteiger partial charge in [0, 0.05) is 11.0 Å². The highest BCUT2D eigenvalue weighted by Gasteiger charge is 2.27. The third kappa shape index (κ3) is 5.16. The average Bonchev–Trinajstić information content (AvgIpc) is 2.17. The highest BCUT2D eigenvalue weighted by atomic mass is 79.9. The number of hydroxylamine groups is 1. The van der Waals surface area contributed by atoms with E-state index in [0.717, 1.165) is 10.0 Å². The number of hydrogen-bond acceptors (Lipinski definition) is 2. The van der Waals surface area contributed by atoms with Crippen LogP contribution < -0.4 is 5.48 Å². The zero-order chi connectivity index (χ0) is 12.2. The fraction of sp³-hybridized carbons (Fsp3) is 0.333. The van der Waals surface area contributed by atoms with E-state index in [2.05, 4.69) is 26.2 Å². The van der Waals surface area contributed by atoms with Crippen LogP contribution in [0.15, 0.2) is 22.7 Å². The summed E-state index contributed by atoms with van der Waals surface area (Å²) in [6.45, 7) is -1.17. The van der Waals surface area contributed by atoms with E-state index in [1.54, 1.807) is 18.2 Å². The molecule has 7 heteroatoms. The van der Waals surface area contributed by atoms with Crippen molar-refractivity contribution < 1.29 is 18.0 Å². The van der Waals surface area contributed by atoms with Crippen molar-refractivity contribution in [2.45, 2.75) is 12.7 Å². The average molecular weight is 319 g/mol. The minimum Gasteiger partial charge on any atom is -0.292 e. The summed E-state index contributed by atoms with van der Waals surface area (Å²) in [6, 6.07) is 5.07. The fourth-order valence-electron chi connectivity index (χ4n) is 0.917. The predicted octanol–water partition coefficient (Wildman–Crippen LogP) is 3.69. The van der Waals surface area contributed by atoms with Crippen molar-refractivity contribution in [3.05, 3.63) is 33.3 Å². The van der Waals surface area contributed by atoms with Gasteiger partial charge >= 0.3 is 6.18 Å². The second kappa shape index (κ2) is 5.86. The molecule has 1 aromatic rings. The monoisotopic (exact) mass is 317 g/mol. The van der Waals surface area contributed by atoms with Crippen LogP contribution in [0.4, 0.5) is 13.2 Å². The highest BCUT2D eigenvalue weighted by molar-refractivity contribution is 9.10. The molecule has 0 atom stereocenters. The van der Waals surface area contributed by atoms with E-state index in [-0.39, 0.29) is 6.54 Å². The van der Waals surface area contributed by atoms with Crippen molar-refractivity contribution >= 4 is 27.5 Å². The molecule has 0 saturated heterocycles. The second-order valence-corrected chi connectivity index (χ2v) is 4.23. The van der Waals surface area contributed by atoms with Crippen molar-refractivity contribution in [1.82, 2.24) is 5.48 Å². The molecule has 0 aliphatic carbocycles. The van der Waals surface area contributed by atoms with Crippen molar-refractivity contribution in [2.24, 2.45) is 0 Å². The number of rotatable bonds is 4. The van der Waals surface area contributed by atoms with E-state index in [1.807, 2.05) is 0 Å². The van der Waals surface area contributed by atoms with Crippen molar-refractivity contribution in [3.8, 4) is 0 Å². The maximum Gasteiger partial charge on any atom is 0.413 e. The molecule has 0 spiro atoms. The Morgan fingerprint density at radius 3 is 2.62 bits per heavy atom. The molecule has 0 bridgehead atoms. The number of benzene rings is 1. The van der Waals surface area contributed by atoms with Gasteiger partial charge in [0.05, 0.1) is 5.02 Å². The molecule has 0 heterocycles. The summed E-state index contributed by atoms with van der Waals surface area (Å²) in [5.74, 6) is 0. The highest BCUT2D eigenvalue weighted by Crippen LogP contribution is 2.23. The Morgan fingerprint density at radius 1 is 1.38 bits per heavy atom. The second-order valence-electron chi connectivity index (χ2n) is 2.97. The van der Waals surface area contributed by atoms with Crippen molar-refractivity contribution in [3.63, 3.8) is 0 Å². The first kappa shape index (κ1) is 13.8. The first-order valence-corrected chi connectivity index (χ1v) is 5.41. The Bertz CT molecular complexity index is 359. The largest absolute Gasteiger partial charge is 0.413 e. The van der Waals surface area contributed by atoms with Gasteiger partial charge in [0.2, 0.25) is 0 Å². The summed E-state index contributed by atoms with van der Waals surface area (Å²) < 4.78 is 35.8. The molecule has 0 aromatic heterocycles. The number of halogens is 5. The minimum atomic E-state index is -4.33. The number of hydrogen-bond donors (Lipinski definition) is 1. The van der Waals surface area contributed by atoms with Gasteiger partial charge in [-0.15, -0.1) is 0 Å². The first-order chi connectivity index (χ1) is 7.38. The lowest BCUT2D eigenvalue weighted by molar-refractivity contribution is -0.190. The van der Waals surface area contributed by atoms with Gasteiger partial charge in [0.1, 0.15) is 0 Å². The molecule has 90 valence electrons. The van der Waals surface area contributed by atoms with Gasteiger partial charge in [0.15, 0.2) is 6.61 Å². The summed E-state index contributed by atoms with van der Waals surface area (Å²) in [6.07, 6.45) is -4.33. The Labute approximate surface area is 104 Å². The van der Waals surface area contributed by atoms with Gasteiger partial charge in [-0.1, -0.05) is 17.7 Å². The maximum absolute atomic E-state index is 11.7. The van der Waals surface area contributed by atoms with Crippen LogP contribution in [-0.4, -0.2) is 12.8 Å². The topological polar surface area (TPSA) is 21.3 Å². The molecule has 0 fully saturated rings. The van der Waals surface area contributed by atoms with Crippen LogP contribution in [0.3, 0.4) is 0 Å². The molecule has 1 aromatic carbocycles. The van der Waals surface area contributed by atoms with Gasteiger partial charge in [-0.05, 0) is 33.6 Å².